The number of nitrogens with one attached hydrogen (secondary N) is 2. The first-order valence-corrected chi connectivity index (χ1v) is 7.12. The highest BCUT2D eigenvalue weighted by Crippen LogP contribution is 2.14. The third kappa shape index (κ3) is 4.66. The van der Waals surface area contributed by atoms with Gasteiger partial charge >= 0.3 is 0 Å². The van der Waals surface area contributed by atoms with Crippen molar-refractivity contribution in [2.45, 2.75) is 26.3 Å². The van der Waals surface area contributed by atoms with Crippen molar-refractivity contribution in [1.82, 2.24) is 9.97 Å². The Kier molecular flexibility index (Phi) is 5.30. The normalized spacial score (nSPS) is 14.1. The van der Waals surface area contributed by atoms with Crippen LogP contribution in [0.4, 0.5) is 11.8 Å². The summed E-state index contributed by atoms with van der Waals surface area (Å²) in [7, 11) is -0.761. The summed E-state index contributed by atoms with van der Waals surface area (Å²) < 4.78 is 11.0. The van der Waals surface area contributed by atoms with Gasteiger partial charge in [0.15, 0.2) is 0 Å². The van der Waals surface area contributed by atoms with Gasteiger partial charge in [-0.1, -0.05) is 0 Å². The van der Waals surface area contributed by atoms with E-state index in [2.05, 4.69) is 20.7 Å². The van der Waals surface area contributed by atoms with Gasteiger partial charge in [0.05, 0.1) is 0 Å². The summed E-state index contributed by atoms with van der Waals surface area (Å²) in [6.45, 7) is 3.96. The van der Waals surface area contributed by atoms with Crippen molar-refractivity contribution in [1.29, 1.82) is 0 Å². The molecule has 0 saturated carbocycles. The van der Waals surface area contributed by atoms with E-state index in [0.717, 1.165) is 17.8 Å². The summed E-state index contributed by atoms with van der Waals surface area (Å²) in [5.41, 5.74) is 3.36. The monoisotopic (exact) mass is 257 g/mol. The zero-order valence-corrected chi connectivity index (χ0v) is 11.2. The highest BCUT2D eigenvalue weighted by Gasteiger charge is 2.07. The van der Waals surface area contributed by atoms with Crippen LogP contribution >= 0.6 is 0 Å². The van der Waals surface area contributed by atoms with Gasteiger partial charge in [0, 0.05) is 40.6 Å². The fraction of sp³-hybridized carbons (Fsp3) is 0.600. The Balaban J connectivity index is 2.63. The van der Waals surface area contributed by atoms with Gasteiger partial charge in [-0.2, -0.15) is 4.98 Å². The van der Waals surface area contributed by atoms with Gasteiger partial charge in [-0.25, -0.2) is 10.8 Å². The molecule has 0 aliphatic rings. The maximum absolute atomic E-state index is 11.0. The van der Waals surface area contributed by atoms with Crippen molar-refractivity contribution in [3.63, 3.8) is 0 Å². The van der Waals surface area contributed by atoms with E-state index in [1.807, 2.05) is 13.8 Å². The number of aryl methyl sites for hydroxylation is 1. The molecule has 0 radical (unpaired) electrons. The topological polar surface area (TPSA) is 92.9 Å². The second-order valence-corrected chi connectivity index (χ2v) is 5.54. The fourth-order valence-corrected chi connectivity index (χ4v) is 1.99. The van der Waals surface area contributed by atoms with E-state index in [-0.39, 0.29) is 6.04 Å². The van der Waals surface area contributed by atoms with E-state index in [4.69, 9.17) is 5.84 Å². The molecule has 7 heteroatoms. The minimum absolute atomic E-state index is 0.207. The van der Waals surface area contributed by atoms with Gasteiger partial charge in [-0.15, -0.1) is 0 Å². The molecule has 0 aliphatic carbocycles. The molecule has 96 valence electrons. The number of nitrogens with two attached hydrogens (primary N) is 1. The molecule has 0 aliphatic heterocycles. The van der Waals surface area contributed by atoms with Gasteiger partial charge < -0.3 is 5.32 Å². The Morgan fingerprint density at radius 1 is 1.59 bits per heavy atom. The standard InChI is InChI=1S/C10H19N5OS/c1-7-6-12-10(15-11)14-9(7)13-8(2)4-5-17(3)16/h6,8H,4-5,11H2,1-3H3,(H2,12,13,14,15). The molecule has 1 rings (SSSR count). The van der Waals surface area contributed by atoms with Gasteiger partial charge in [-0.05, 0) is 20.3 Å². The van der Waals surface area contributed by atoms with Crippen molar-refractivity contribution in [2.24, 2.45) is 5.84 Å². The minimum Gasteiger partial charge on any atom is -0.367 e. The van der Waals surface area contributed by atoms with Crippen LogP contribution in [0, 0.1) is 6.92 Å². The van der Waals surface area contributed by atoms with E-state index in [1.165, 1.54) is 0 Å². The van der Waals surface area contributed by atoms with Crippen LogP contribution in [0.25, 0.3) is 0 Å². The Labute approximate surface area is 104 Å². The number of hydrogen-bond donors (Lipinski definition) is 3. The third-order valence-electron chi connectivity index (χ3n) is 2.32. The van der Waals surface area contributed by atoms with Crippen molar-refractivity contribution < 1.29 is 4.21 Å². The molecule has 4 N–H and O–H groups in total. The maximum Gasteiger partial charge on any atom is 0.239 e. The van der Waals surface area contributed by atoms with Gasteiger partial charge in [0.1, 0.15) is 5.82 Å². The van der Waals surface area contributed by atoms with Crippen molar-refractivity contribution in [3.05, 3.63) is 11.8 Å². The lowest BCUT2D eigenvalue weighted by molar-refractivity contribution is 0.678. The first-order chi connectivity index (χ1) is 8.02. The summed E-state index contributed by atoms with van der Waals surface area (Å²) in [5.74, 6) is 7.07. The summed E-state index contributed by atoms with van der Waals surface area (Å²) in [6, 6.07) is 0.207. The molecule has 17 heavy (non-hydrogen) atoms. The quantitative estimate of drug-likeness (QED) is 0.511. The fourth-order valence-electron chi connectivity index (χ4n) is 1.31. The van der Waals surface area contributed by atoms with E-state index >= 15 is 0 Å². The molecule has 0 saturated heterocycles. The molecule has 2 atom stereocenters. The zero-order chi connectivity index (χ0) is 12.8. The Hall–Kier alpha value is -1.21. The predicted molar refractivity (Wildman–Crippen MR) is 71.2 cm³/mol. The Morgan fingerprint density at radius 2 is 2.29 bits per heavy atom. The molecular formula is C10H19N5OS. The summed E-state index contributed by atoms with van der Waals surface area (Å²) >= 11 is 0. The smallest absolute Gasteiger partial charge is 0.239 e. The number of aromatic nitrogens is 2. The van der Waals surface area contributed by atoms with Gasteiger partial charge in [-0.3, -0.25) is 9.63 Å². The molecule has 6 nitrogen and oxygen atoms in total. The van der Waals surface area contributed by atoms with Crippen LogP contribution in [0.1, 0.15) is 18.9 Å². The Bertz CT molecular complexity index is 398. The van der Waals surface area contributed by atoms with Crippen molar-refractivity contribution in [3.8, 4) is 0 Å². The molecule has 0 fully saturated rings. The third-order valence-corrected chi connectivity index (χ3v) is 3.13. The maximum atomic E-state index is 11.0. The first kappa shape index (κ1) is 13.9. The number of hydrazine groups is 1. The lowest BCUT2D eigenvalue weighted by Gasteiger charge is -2.15. The molecule has 0 aromatic carbocycles. The van der Waals surface area contributed by atoms with Crippen LogP contribution in [0.15, 0.2) is 6.20 Å². The second-order valence-electron chi connectivity index (χ2n) is 3.98. The number of anilines is 2. The van der Waals surface area contributed by atoms with E-state index in [0.29, 0.717) is 11.7 Å². The molecule has 0 spiro atoms. The lowest BCUT2D eigenvalue weighted by Crippen LogP contribution is -2.20. The van der Waals surface area contributed by atoms with Crippen LogP contribution in [0.3, 0.4) is 0 Å². The average molecular weight is 257 g/mol. The highest BCUT2D eigenvalue weighted by atomic mass is 32.2. The van der Waals surface area contributed by atoms with E-state index in [1.54, 1.807) is 12.5 Å². The van der Waals surface area contributed by atoms with Crippen LogP contribution in [-0.2, 0) is 10.8 Å². The van der Waals surface area contributed by atoms with Crippen LogP contribution in [0.5, 0.6) is 0 Å². The van der Waals surface area contributed by atoms with Gasteiger partial charge in [0.25, 0.3) is 0 Å². The van der Waals surface area contributed by atoms with Crippen molar-refractivity contribution in [2.75, 3.05) is 22.8 Å². The first-order valence-electron chi connectivity index (χ1n) is 5.39. The summed E-state index contributed by atoms with van der Waals surface area (Å²) in [5, 5.41) is 3.26. The number of nitrogens with zero attached hydrogens (tertiary/aromatic N) is 2. The van der Waals surface area contributed by atoms with Crippen LogP contribution in [-0.4, -0.2) is 32.2 Å². The average Bonchev–Trinajstić information content (AvgIpc) is 2.29. The largest absolute Gasteiger partial charge is 0.367 e. The molecule has 1 aromatic heterocycles. The van der Waals surface area contributed by atoms with Gasteiger partial charge in [0.2, 0.25) is 5.95 Å². The minimum atomic E-state index is -0.761. The van der Waals surface area contributed by atoms with Crippen molar-refractivity contribution >= 4 is 22.6 Å². The number of rotatable bonds is 6. The highest BCUT2D eigenvalue weighted by molar-refractivity contribution is 7.84. The second kappa shape index (κ2) is 6.51. The Morgan fingerprint density at radius 3 is 2.88 bits per heavy atom. The molecule has 1 aromatic rings. The molecule has 0 amide bonds. The lowest BCUT2D eigenvalue weighted by atomic mass is 10.2. The van der Waals surface area contributed by atoms with Crippen LogP contribution < -0.4 is 16.6 Å². The SMILES string of the molecule is Cc1cnc(NN)nc1NC(C)CCS(C)=O. The molecule has 0 bridgehead atoms. The molecular weight excluding hydrogens is 238 g/mol. The van der Waals surface area contributed by atoms with E-state index in [9.17, 15) is 4.21 Å². The van der Waals surface area contributed by atoms with E-state index < -0.39 is 10.8 Å². The summed E-state index contributed by atoms with van der Waals surface area (Å²) in [4.78, 5) is 8.23. The predicted octanol–water partition coefficient (Wildman–Crippen LogP) is 0.640. The summed E-state index contributed by atoms with van der Waals surface area (Å²) in [6.07, 6.45) is 4.24. The molecule has 2 unspecified atom stereocenters. The van der Waals surface area contributed by atoms with Crippen LogP contribution in [0.2, 0.25) is 0 Å². The zero-order valence-electron chi connectivity index (χ0n) is 10.4. The number of hydrogen-bond acceptors (Lipinski definition) is 6. The number of nitrogen functional groups attached to an aromatic ring is 1. The molecule has 1 heterocycles.